The summed E-state index contributed by atoms with van der Waals surface area (Å²) in [5, 5.41) is 0.922. The highest BCUT2D eigenvalue weighted by atomic mass is 32.2. The van der Waals surface area contributed by atoms with E-state index in [-0.39, 0.29) is 17.9 Å². The van der Waals surface area contributed by atoms with E-state index in [2.05, 4.69) is 9.71 Å². The SMILES string of the molecule is CCOC(=O)[C@@H](Cc1c[nH]c2ccccc12)NS(=O)(=O)c1ccc2c(c1)OCCO2. The van der Waals surface area contributed by atoms with Crippen LogP contribution in [0.2, 0.25) is 0 Å². The van der Waals surface area contributed by atoms with Crippen LogP contribution in [0.1, 0.15) is 12.5 Å². The third-order valence-electron chi connectivity index (χ3n) is 4.79. The Balaban J connectivity index is 1.62. The second kappa shape index (κ2) is 8.37. The van der Waals surface area contributed by atoms with Gasteiger partial charge in [0.15, 0.2) is 11.5 Å². The molecule has 0 saturated carbocycles. The minimum Gasteiger partial charge on any atom is -0.486 e. The summed E-state index contributed by atoms with van der Waals surface area (Å²) in [6.45, 7) is 2.58. The fourth-order valence-corrected chi connectivity index (χ4v) is 4.58. The van der Waals surface area contributed by atoms with E-state index in [0.717, 1.165) is 16.5 Å². The number of aromatic nitrogens is 1. The van der Waals surface area contributed by atoms with Gasteiger partial charge < -0.3 is 19.2 Å². The number of aromatic amines is 1. The summed E-state index contributed by atoms with van der Waals surface area (Å²) in [7, 11) is -4.01. The van der Waals surface area contributed by atoms with Gasteiger partial charge in [-0.25, -0.2) is 8.42 Å². The quantitative estimate of drug-likeness (QED) is 0.558. The van der Waals surface area contributed by atoms with Crippen molar-refractivity contribution in [1.29, 1.82) is 0 Å². The van der Waals surface area contributed by atoms with Gasteiger partial charge in [-0.15, -0.1) is 0 Å². The number of para-hydroxylation sites is 1. The van der Waals surface area contributed by atoms with Crippen LogP contribution in [0.25, 0.3) is 10.9 Å². The topological polar surface area (TPSA) is 107 Å². The van der Waals surface area contributed by atoms with Gasteiger partial charge in [0.2, 0.25) is 10.0 Å². The Morgan fingerprint density at radius 1 is 1.17 bits per heavy atom. The third-order valence-corrected chi connectivity index (χ3v) is 6.26. The molecule has 0 aliphatic carbocycles. The van der Waals surface area contributed by atoms with Crippen LogP contribution in [0.5, 0.6) is 11.5 Å². The number of sulfonamides is 1. The largest absolute Gasteiger partial charge is 0.486 e. The van der Waals surface area contributed by atoms with Crippen molar-refractivity contribution >= 4 is 26.9 Å². The second-order valence-corrected chi connectivity index (χ2v) is 8.51. The van der Waals surface area contributed by atoms with Crippen LogP contribution in [0.3, 0.4) is 0 Å². The van der Waals surface area contributed by atoms with E-state index in [1.807, 2.05) is 24.3 Å². The van der Waals surface area contributed by atoms with Gasteiger partial charge in [0, 0.05) is 29.6 Å². The Bertz CT molecular complexity index is 1170. The van der Waals surface area contributed by atoms with Crippen molar-refractivity contribution in [2.24, 2.45) is 0 Å². The zero-order chi connectivity index (χ0) is 21.1. The van der Waals surface area contributed by atoms with Crippen molar-refractivity contribution in [3.05, 3.63) is 54.2 Å². The first-order valence-corrected chi connectivity index (χ1v) is 11.1. The molecular weight excluding hydrogens is 408 g/mol. The van der Waals surface area contributed by atoms with Crippen molar-refractivity contribution in [2.75, 3.05) is 19.8 Å². The molecule has 1 aromatic heterocycles. The van der Waals surface area contributed by atoms with Crippen LogP contribution in [0.4, 0.5) is 0 Å². The third kappa shape index (κ3) is 4.12. The first-order chi connectivity index (χ1) is 14.5. The molecule has 9 heteroatoms. The molecule has 0 unspecified atom stereocenters. The molecule has 0 spiro atoms. The molecule has 1 atom stereocenters. The highest BCUT2D eigenvalue weighted by Crippen LogP contribution is 2.32. The van der Waals surface area contributed by atoms with Crippen molar-refractivity contribution in [1.82, 2.24) is 9.71 Å². The smallest absolute Gasteiger partial charge is 0.324 e. The average Bonchev–Trinajstić information content (AvgIpc) is 3.16. The first-order valence-electron chi connectivity index (χ1n) is 9.61. The zero-order valence-corrected chi connectivity index (χ0v) is 17.2. The average molecular weight is 430 g/mol. The van der Waals surface area contributed by atoms with Gasteiger partial charge in [-0.2, -0.15) is 4.72 Å². The van der Waals surface area contributed by atoms with Crippen LogP contribution in [0.15, 0.2) is 53.6 Å². The monoisotopic (exact) mass is 430 g/mol. The van der Waals surface area contributed by atoms with Crippen LogP contribution in [-0.4, -0.2) is 45.2 Å². The maximum Gasteiger partial charge on any atom is 0.324 e. The number of fused-ring (bicyclic) bond motifs is 2. The van der Waals surface area contributed by atoms with Gasteiger partial charge in [0.05, 0.1) is 11.5 Å². The number of rotatable bonds is 7. The number of carbonyl (C=O) groups excluding carboxylic acids is 1. The maximum atomic E-state index is 13.0. The highest BCUT2D eigenvalue weighted by molar-refractivity contribution is 7.89. The molecule has 0 fully saturated rings. The molecule has 1 aliphatic rings. The minimum atomic E-state index is -4.01. The number of esters is 1. The molecule has 0 amide bonds. The van der Waals surface area contributed by atoms with Crippen molar-refractivity contribution in [3.8, 4) is 11.5 Å². The fraction of sp³-hybridized carbons (Fsp3) is 0.286. The van der Waals surface area contributed by atoms with Crippen LogP contribution >= 0.6 is 0 Å². The standard InChI is InChI=1S/C21H22N2O6S/c1-2-27-21(24)18(11-14-13-22-17-6-4-3-5-16(14)17)23-30(25,26)15-7-8-19-20(12-15)29-10-9-28-19/h3-8,12-13,18,22-23H,2,9-11H2,1H3/t18-/m1/s1. The number of H-pyrrole nitrogens is 1. The lowest BCUT2D eigenvalue weighted by Crippen LogP contribution is -2.43. The number of ether oxygens (including phenoxy) is 3. The molecule has 2 heterocycles. The van der Waals surface area contributed by atoms with Gasteiger partial charge in [-0.3, -0.25) is 4.79 Å². The molecular formula is C21H22N2O6S. The lowest BCUT2D eigenvalue weighted by atomic mass is 10.1. The minimum absolute atomic E-state index is 0.0139. The number of benzene rings is 2. The van der Waals surface area contributed by atoms with E-state index >= 15 is 0 Å². The van der Waals surface area contributed by atoms with Gasteiger partial charge in [-0.05, 0) is 30.7 Å². The Morgan fingerprint density at radius 3 is 2.73 bits per heavy atom. The van der Waals surface area contributed by atoms with E-state index in [9.17, 15) is 13.2 Å². The maximum absolute atomic E-state index is 13.0. The lowest BCUT2D eigenvalue weighted by Gasteiger charge is -2.20. The fourth-order valence-electron chi connectivity index (χ4n) is 3.38. The predicted molar refractivity (Wildman–Crippen MR) is 110 cm³/mol. The molecule has 2 aromatic carbocycles. The van der Waals surface area contributed by atoms with Gasteiger partial charge in [0.25, 0.3) is 0 Å². The molecule has 8 nitrogen and oxygen atoms in total. The molecule has 0 saturated heterocycles. The molecule has 1 aliphatic heterocycles. The van der Waals surface area contributed by atoms with Crippen molar-refractivity contribution < 1.29 is 27.4 Å². The van der Waals surface area contributed by atoms with Crippen LogP contribution in [0, 0.1) is 0 Å². The van der Waals surface area contributed by atoms with E-state index < -0.39 is 22.0 Å². The molecule has 0 bridgehead atoms. The van der Waals surface area contributed by atoms with Gasteiger partial charge >= 0.3 is 5.97 Å². The number of carbonyl (C=O) groups is 1. The molecule has 3 aromatic rings. The van der Waals surface area contributed by atoms with Gasteiger partial charge in [-0.1, -0.05) is 18.2 Å². The molecule has 158 valence electrons. The number of hydrogen-bond acceptors (Lipinski definition) is 6. The zero-order valence-electron chi connectivity index (χ0n) is 16.4. The van der Waals surface area contributed by atoms with E-state index in [1.54, 1.807) is 19.2 Å². The lowest BCUT2D eigenvalue weighted by molar-refractivity contribution is -0.145. The second-order valence-electron chi connectivity index (χ2n) is 6.80. The van der Waals surface area contributed by atoms with Crippen LogP contribution in [-0.2, 0) is 26.0 Å². The summed E-state index contributed by atoms with van der Waals surface area (Å²) in [4.78, 5) is 15.7. The summed E-state index contributed by atoms with van der Waals surface area (Å²) in [6.07, 6.45) is 1.92. The summed E-state index contributed by atoms with van der Waals surface area (Å²) in [6, 6.07) is 10.9. The summed E-state index contributed by atoms with van der Waals surface area (Å²) < 4.78 is 44.5. The van der Waals surface area contributed by atoms with E-state index in [4.69, 9.17) is 14.2 Å². The van der Waals surface area contributed by atoms with E-state index in [1.165, 1.54) is 12.1 Å². The Hall–Kier alpha value is -3.04. The van der Waals surface area contributed by atoms with E-state index in [0.29, 0.717) is 24.7 Å². The molecule has 2 N–H and O–H groups in total. The molecule has 0 radical (unpaired) electrons. The highest BCUT2D eigenvalue weighted by Gasteiger charge is 2.29. The first kappa shape index (κ1) is 20.2. The predicted octanol–water partition coefficient (Wildman–Crippen LogP) is 2.39. The van der Waals surface area contributed by atoms with Gasteiger partial charge in [0.1, 0.15) is 19.3 Å². The van der Waals surface area contributed by atoms with Crippen molar-refractivity contribution in [3.63, 3.8) is 0 Å². The number of hydrogen-bond donors (Lipinski definition) is 2. The molecule has 30 heavy (non-hydrogen) atoms. The number of nitrogens with one attached hydrogen (secondary N) is 2. The Labute approximate surface area is 174 Å². The summed E-state index contributed by atoms with van der Waals surface area (Å²) in [5.74, 6) is 0.207. The van der Waals surface area contributed by atoms with Crippen molar-refractivity contribution in [2.45, 2.75) is 24.3 Å². The normalized spacial score (nSPS) is 14.4. The Kier molecular flexibility index (Phi) is 5.65. The van der Waals surface area contributed by atoms with Crippen LogP contribution < -0.4 is 14.2 Å². The molecule has 4 rings (SSSR count). The summed E-state index contributed by atoms with van der Waals surface area (Å²) in [5.41, 5.74) is 1.72. The summed E-state index contributed by atoms with van der Waals surface area (Å²) >= 11 is 0. The Morgan fingerprint density at radius 2 is 1.93 bits per heavy atom.